The molecule has 0 spiro atoms. The molecule has 26 heavy (non-hydrogen) atoms. The first kappa shape index (κ1) is 19.7. The van der Waals surface area contributed by atoms with E-state index in [1.54, 1.807) is 0 Å². The number of carbonyl (C=O) groups is 1. The normalized spacial score (nSPS) is 29.7. The Hall–Kier alpha value is -1.06. The average molecular weight is 377 g/mol. The summed E-state index contributed by atoms with van der Waals surface area (Å²) in [4.78, 5) is 15.5. The smallest absolute Gasteiger partial charge is 0.251 e. The molecule has 3 fully saturated rings. The van der Waals surface area contributed by atoms with Crippen LogP contribution in [0.25, 0.3) is 0 Å². The van der Waals surface area contributed by atoms with E-state index in [-0.39, 0.29) is 18.3 Å². The molecule has 2 unspecified atom stereocenters. The van der Waals surface area contributed by atoms with Crippen molar-refractivity contribution in [2.24, 2.45) is 0 Å². The highest BCUT2D eigenvalue weighted by Crippen LogP contribution is 2.39. The molecule has 4 rings (SSSR count). The third kappa shape index (κ3) is 4.26. The fourth-order valence-corrected chi connectivity index (χ4v) is 5.57. The van der Waals surface area contributed by atoms with Crippen LogP contribution in [0.2, 0.25) is 0 Å². The van der Waals surface area contributed by atoms with Crippen LogP contribution in [-0.2, 0) is 0 Å². The number of benzene rings is 1. The third-order valence-electron chi connectivity index (χ3n) is 6.64. The monoisotopic (exact) mass is 376 g/mol. The fourth-order valence-electron chi connectivity index (χ4n) is 5.57. The topological polar surface area (TPSA) is 32.3 Å². The van der Waals surface area contributed by atoms with E-state index in [0.717, 1.165) is 30.0 Å². The van der Waals surface area contributed by atoms with Crippen LogP contribution in [0.4, 0.5) is 0 Å². The van der Waals surface area contributed by atoms with Crippen molar-refractivity contribution in [3.05, 3.63) is 35.4 Å². The molecule has 2 aliphatic heterocycles. The summed E-state index contributed by atoms with van der Waals surface area (Å²) >= 11 is 0. The summed E-state index contributed by atoms with van der Waals surface area (Å²) in [6.45, 7) is 2.05. The first-order valence-corrected chi connectivity index (χ1v) is 10.4. The fraction of sp³-hybridized carbons (Fsp3) is 0.682. The lowest BCUT2D eigenvalue weighted by molar-refractivity contribution is -0.0211. The molecule has 144 valence electrons. The maximum absolute atomic E-state index is 12.6. The number of piperidine rings is 2. The minimum Gasteiger partial charge on any atom is -0.349 e. The minimum atomic E-state index is 0. The first-order valence-electron chi connectivity index (χ1n) is 10.4. The highest BCUT2D eigenvalue weighted by Gasteiger charge is 2.42. The van der Waals surface area contributed by atoms with Gasteiger partial charge in [0.15, 0.2) is 0 Å². The van der Waals surface area contributed by atoms with Crippen molar-refractivity contribution in [3.63, 3.8) is 0 Å². The zero-order chi connectivity index (χ0) is 17.2. The van der Waals surface area contributed by atoms with Crippen LogP contribution in [0.5, 0.6) is 0 Å². The SMILES string of the molecule is Cc1cccc(C(=O)NC2CC3CCCC(C2)N3C2CCCCC2)c1.Cl. The first-order chi connectivity index (χ1) is 12.2. The second kappa shape index (κ2) is 8.75. The van der Waals surface area contributed by atoms with E-state index in [4.69, 9.17) is 0 Å². The van der Waals surface area contributed by atoms with Gasteiger partial charge >= 0.3 is 0 Å². The Kier molecular flexibility index (Phi) is 6.63. The summed E-state index contributed by atoms with van der Waals surface area (Å²) in [6, 6.07) is 10.5. The van der Waals surface area contributed by atoms with Crippen molar-refractivity contribution in [3.8, 4) is 0 Å². The molecule has 3 aliphatic rings. The Bertz CT molecular complexity index is 600. The van der Waals surface area contributed by atoms with Gasteiger partial charge in [-0.1, -0.05) is 43.4 Å². The number of nitrogens with one attached hydrogen (secondary N) is 1. The predicted molar refractivity (Wildman–Crippen MR) is 109 cm³/mol. The molecule has 0 radical (unpaired) electrons. The van der Waals surface area contributed by atoms with Gasteiger partial charge in [-0.25, -0.2) is 0 Å². The van der Waals surface area contributed by atoms with Crippen LogP contribution in [0.15, 0.2) is 24.3 Å². The van der Waals surface area contributed by atoms with Crippen molar-refractivity contribution in [2.45, 2.75) is 95.3 Å². The molecule has 4 heteroatoms. The van der Waals surface area contributed by atoms with Crippen molar-refractivity contribution in [1.82, 2.24) is 10.2 Å². The molecule has 2 saturated heterocycles. The second-order valence-electron chi connectivity index (χ2n) is 8.49. The van der Waals surface area contributed by atoms with Crippen LogP contribution in [0, 0.1) is 6.92 Å². The molecule has 1 saturated carbocycles. The van der Waals surface area contributed by atoms with Gasteiger partial charge in [-0.3, -0.25) is 9.69 Å². The van der Waals surface area contributed by atoms with Gasteiger partial charge in [0.1, 0.15) is 0 Å². The van der Waals surface area contributed by atoms with Crippen LogP contribution < -0.4 is 5.32 Å². The number of halogens is 1. The number of rotatable bonds is 3. The van der Waals surface area contributed by atoms with Gasteiger partial charge in [-0.05, 0) is 57.6 Å². The summed E-state index contributed by atoms with van der Waals surface area (Å²) in [5.74, 6) is 0.109. The predicted octanol–water partition coefficient (Wildman–Crippen LogP) is 4.86. The van der Waals surface area contributed by atoms with E-state index >= 15 is 0 Å². The van der Waals surface area contributed by atoms with Crippen LogP contribution in [0.1, 0.15) is 80.1 Å². The number of fused-ring (bicyclic) bond motifs is 2. The molecule has 2 bridgehead atoms. The van der Waals surface area contributed by atoms with Gasteiger partial charge in [-0.15, -0.1) is 12.4 Å². The van der Waals surface area contributed by atoms with Gasteiger partial charge in [-0.2, -0.15) is 0 Å². The lowest BCUT2D eigenvalue weighted by Gasteiger charge is -2.53. The molecular weight excluding hydrogens is 344 g/mol. The number of amides is 1. The number of hydrogen-bond acceptors (Lipinski definition) is 2. The number of hydrogen-bond donors (Lipinski definition) is 1. The summed E-state index contributed by atoms with van der Waals surface area (Å²) in [5.41, 5.74) is 1.96. The van der Waals surface area contributed by atoms with E-state index in [1.165, 1.54) is 51.4 Å². The van der Waals surface area contributed by atoms with Gasteiger partial charge in [0, 0.05) is 29.7 Å². The average Bonchev–Trinajstić information content (AvgIpc) is 2.61. The summed E-state index contributed by atoms with van der Waals surface area (Å²) in [5, 5.41) is 3.35. The highest BCUT2D eigenvalue weighted by atomic mass is 35.5. The van der Waals surface area contributed by atoms with Gasteiger partial charge < -0.3 is 5.32 Å². The van der Waals surface area contributed by atoms with Crippen molar-refractivity contribution >= 4 is 18.3 Å². The number of carbonyl (C=O) groups excluding carboxylic acids is 1. The van der Waals surface area contributed by atoms with E-state index in [1.807, 2.05) is 31.2 Å². The van der Waals surface area contributed by atoms with Gasteiger partial charge in [0.2, 0.25) is 0 Å². The van der Waals surface area contributed by atoms with Crippen LogP contribution >= 0.6 is 12.4 Å². The molecular formula is C22H33ClN2O. The summed E-state index contributed by atoms with van der Waals surface area (Å²) < 4.78 is 0. The van der Waals surface area contributed by atoms with Gasteiger partial charge in [0.25, 0.3) is 5.91 Å². The molecule has 2 atom stereocenters. The largest absolute Gasteiger partial charge is 0.349 e. The Labute approximate surface area is 164 Å². The quantitative estimate of drug-likeness (QED) is 0.816. The van der Waals surface area contributed by atoms with Crippen LogP contribution in [0.3, 0.4) is 0 Å². The Balaban J connectivity index is 0.00000196. The van der Waals surface area contributed by atoms with Crippen molar-refractivity contribution in [2.75, 3.05) is 0 Å². The van der Waals surface area contributed by atoms with Gasteiger partial charge in [0.05, 0.1) is 0 Å². The van der Waals surface area contributed by atoms with E-state index in [9.17, 15) is 4.79 Å². The zero-order valence-corrected chi connectivity index (χ0v) is 16.8. The van der Waals surface area contributed by atoms with E-state index < -0.39 is 0 Å². The second-order valence-corrected chi connectivity index (χ2v) is 8.49. The maximum atomic E-state index is 12.6. The zero-order valence-electron chi connectivity index (χ0n) is 16.0. The Morgan fingerprint density at radius 1 is 0.962 bits per heavy atom. The maximum Gasteiger partial charge on any atom is 0.251 e. The molecule has 3 nitrogen and oxygen atoms in total. The Morgan fingerprint density at radius 3 is 2.27 bits per heavy atom. The molecule has 1 aromatic rings. The number of aryl methyl sites for hydroxylation is 1. The minimum absolute atomic E-state index is 0. The molecule has 0 aromatic heterocycles. The molecule has 1 N–H and O–H groups in total. The van der Waals surface area contributed by atoms with Crippen LogP contribution in [-0.4, -0.2) is 35.0 Å². The van der Waals surface area contributed by atoms with E-state index in [2.05, 4.69) is 10.2 Å². The molecule has 1 amide bonds. The standard InChI is InChI=1S/C22H32N2O.ClH/c1-16-7-5-8-17(13-16)22(25)23-18-14-20-11-6-12-21(15-18)24(20)19-9-3-2-4-10-19;/h5,7-8,13,18-21H,2-4,6,9-12,14-15H2,1H3,(H,23,25);1H. The molecule has 1 aliphatic carbocycles. The third-order valence-corrected chi connectivity index (χ3v) is 6.64. The summed E-state index contributed by atoms with van der Waals surface area (Å²) in [6.07, 6.45) is 13.3. The van der Waals surface area contributed by atoms with E-state index in [0.29, 0.717) is 18.1 Å². The molecule has 1 aromatic carbocycles. The Morgan fingerprint density at radius 2 is 1.62 bits per heavy atom. The lowest BCUT2D eigenvalue weighted by atomic mass is 9.78. The molecule has 2 heterocycles. The summed E-state index contributed by atoms with van der Waals surface area (Å²) in [7, 11) is 0. The van der Waals surface area contributed by atoms with Crippen molar-refractivity contribution in [1.29, 1.82) is 0 Å². The lowest BCUT2D eigenvalue weighted by Crippen LogP contribution is -2.60. The highest BCUT2D eigenvalue weighted by molar-refractivity contribution is 5.94. The van der Waals surface area contributed by atoms with Crippen molar-refractivity contribution < 1.29 is 4.79 Å². The number of nitrogens with zero attached hydrogens (tertiary/aromatic N) is 1.